The van der Waals surface area contributed by atoms with Crippen molar-refractivity contribution in [2.75, 3.05) is 12.4 Å². The lowest BCUT2D eigenvalue weighted by molar-refractivity contribution is 0.305. The molecular weight excluding hydrogens is 336 g/mol. The van der Waals surface area contributed by atoms with Crippen LogP contribution in [0.4, 0.5) is 0 Å². The molecule has 4 aromatic carbocycles. The summed E-state index contributed by atoms with van der Waals surface area (Å²) in [5.74, 6) is 2.00. The third-order valence-electron chi connectivity index (χ3n) is 5.26. The van der Waals surface area contributed by atoms with E-state index in [1.807, 2.05) is 0 Å². The van der Waals surface area contributed by atoms with Crippen molar-refractivity contribution in [1.82, 2.24) is 0 Å². The normalized spacial score (nSPS) is 11.7. The topological polar surface area (TPSA) is 9.23 Å². The summed E-state index contributed by atoms with van der Waals surface area (Å²) in [6.45, 7) is 0.806. The number of hydrogen-bond acceptors (Lipinski definition) is 2. The minimum Gasteiger partial charge on any atom is -0.494 e. The van der Waals surface area contributed by atoms with Crippen molar-refractivity contribution in [3.05, 3.63) is 54.6 Å². The lowest BCUT2D eigenvalue weighted by atomic mass is 9.94. The molecule has 0 spiro atoms. The number of benzene rings is 4. The molecule has 4 aromatic rings. The minimum absolute atomic E-state index is 0.806. The van der Waals surface area contributed by atoms with Gasteiger partial charge in [0.1, 0.15) is 5.75 Å². The molecule has 0 heterocycles. The van der Waals surface area contributed by atoms with Crippen molar-refractivity contribution >= 4 is 44.9 Å². The Morgan fingerprint density at radius 3 is 1.81 bits per heavy atom. The summed E-state index contributed by atoms with van der Waals surface area (Å²) >= 11 is 4.26. The van der Waals surface area contributed by atoms with E-state index in [0.717, 1.165) is 24.5 Å². The number of rotatable bonds is 9. The van der Waals surface area contributed by atoms with E-state index in [1.165, 1.54) is 64.4 Å². The van der Waals surface area contributed by atoms with Gasteiger partial charge in [0.15, 0.2) is 0 Å². The largest absolute Gasteiger partial charge is 0.494 e. The molecule has 0 atom stereocenters. The first-order valence-electron chi connectivity index (χ1n) is 9.78. The first-order valence-corrected chi connectivity index (χ1v) is 10.4. The molecule has 0 amide bonds. The Morgan fingerprint density at radius 2 is 1.15 bits per heavy atom. The maximum atomic E-state index is 6.07. The standard InChI is InChI=1S/C24H26OS/c26-15-6-4-2-1-3-5-14-25-22-16-20-12-10-18-8-7-9-19-11-13-21(17-22)24(20)23(18)19/h7-13,16-17,26H,1-6,14-15H2. The van der Waals surface area contributed by atoms with Gasteiger partial charge in [-0.05, 0) is 63.0 Å². The van der Waals surface area contributed by atoms with Crippen LogP contribution >= 0.6 is 12.6 Å². The fourth-order valence-corrected chi connectivity index (χ4v) is 4.14. The van der Waals surface area contributed by atoms with Crippen LogP contribution in [-0.2, 0) is 0 Å². The molecule has 0 unspecified atom stereocenters. The Hall–Kier alpha value is -1.93. The van der Waals surface area contributed by atoms with Crippen molar-refractivity contribution in [1.29, 1.82) is 0 Å². The molecule has 0 aliphatic rings. The van der Waals surface area contributed by atoms with Gasteiger partial charge in [0.2, 0.25) is 0 Å². The van der Waals surface area contributed by atoms with E-state index in [9.17, 15) is 0 Å². The molecule has 0 aliphatic heterocycles. The molecule has 0 N–H and O–H groups in total. The third kappa shape index (κ3) is 3.61. The molecular formula is C24H26OS. The Morgan fingerprint density at radius 1 is 0.615 bits per heavy atom. The maximum Gasteiger partial charge on any atom is 0.120 e. The summed E-state index contributed by atoms with van der Waals surface area (Å²) in [6, 6.07) is 19.8. The Bertz CT molecular complexity index is 928. The molecule has 1 nitrogen and oxygen atoms in total. The quantitative estimate of drug-likeness (QED) is 0.188. The first kappa shape index (κ1) is 17.5. The van der Waals surface area contributed by atoms with E-state index in [4.69, 9.17) is 4.74 Å². The van der Waals surface area contributed by atoms with Crippen molar-refractivity contribution in [2.45, 2.75) is 38.5 Å². The Balaban J connectivity index is 1.45. The van der Waals surface area contributed by atoms with Gasteiger partial charge in [0.25, 0.3) is 0 Å². The predicted molar refractivity (Wildman–Crippen MR) is 117 cm³/mol. The molecule has 0 aliphatic carbocycles. The number of hydrogen-bond donors (Lipinski definition) is 1. The highest BCUT2D eigenvalue weighted by Crippen LogP contribution is 2.36. The van der Waals surface area contributed by atoms with Gasteiger partial charge in [-0.1, -0.05) is 68.1 Å². The lowest BCUT2D eigenvalue weighted by Crippen LogP contribution is -1.97. The summed E-state index contributed by atoms with van der Waals surface area (Å²) in [5.41, 5.74) is 0. The molecule has 0 bridgehead atoms. The van der Waals surface area contributed by atoms with E-state index < -0.39 is 0 Å². The van der Waals surface area contributed by atoms with Crippen LogP contribution in [0.15, 0.2) is 54.6 Å². The van der Waals surface area contributed by atoms with Gasteiger partial charge < -0.3 is 4.74 Å². The van der Waals surface area contributed by atoms with Gasteiger partial charge in [-0.15, -0.1) is 0 Å². The highest BCUT2D eigenvalue weighted by atomic mass is 32.1. The predicted octanol–water partition coefficient (Wildman–Crippen LogP) is 7.23. The van der Waals surface area contributed by atoms with Crippen LogP contribution in [0.25, 0.3) is 32.3 Å². The van der Waals surface area contributed by atoms with Crippen molar-refractivity contribution in [3.63, 3.8) is 0 Å². The summed E-state index contributed by atoms with van der Waals surface area (Å²) in [5, 5.41) is 7.90. The Labute approximate surface area is 161 Å². The second-order valence-electron chi connectivity index (χ2n) is 7.15. The lowest BCUT2D eigenvalue weighted by Gasteiger charge is -2.13. The number of unbranched alkanes of at least 4 members (excludes halogenated alkanes) is 5. The van der Waals surface area contributed by atoms with Gasteiger partial charge in [-0.3, -0.25) is 0 Å². The molecule has 26 heavy (non-hydrogen) atoms. The first-order chi connectivity index (χ1) is 12.9. The van der Waals surface area contributed by atoms with Crippen molar-refractivity contribution < 1.29 is 4.74 Å². The van der Waals surface area contributed by atoms with Gasteiger partial charge in [0.05, 0.1) is 6.61 Å². The average molecular weight is 363 g/mol. The highest BCUT2D eigenvalue weighted by Gasteiger charge is 2.09. The molecule has 0 aromatic heterocycles. The van der Waals surface area contributed by atoms with Crippen LogP contribution in [0.5, 0.6) is 5.75 Å². The van der Waals surface area contributed by atoms with Crippen LogP contribution in [0, 0.1) is 0 Å². The van der Waals surface area contributed by atoms with Crippen LogP contribution in [0.1, 0.15) is 38.5 Å². The molecule has 0 saturated carbocycles. The Kier molecular flexibility index (Phi) is 5.50. The zero-order valence-corrected chi connectivity index (χ0v) is 16.1. The monoisotopic (exact) mass is 362 g/mol. The number of ether oxygens (including phenoxy) is 1. The third-order valence-corrected chi connectivity index (χ3v) is 5.57. The maximum absolute atomic E-state index is 6.07. The van der Waals surface area contributed by atoms with Crippen LogP contribution in [-0.4, -0.2) is 12.4 Å². The molecule has 0 radical (unpaired) electrons. The summed E-state index contributed by atoms with van der Waals surface area (Å²) in [6.07, 6.45) is 7.55. The number of thiol groups is 1. The van der Waals surface area contributed by atoms with Crippen LogP contribution in [0.2, 0.25) is 0 Å². The summed E-state index contributed by atoms with van der Waals surface area (Å²) in [4.78, 5) is 0. The van der Waals surface area contributed by atoms with Gasteiger partial charge in [0, 0.05) is 0 Å². The summed E-state index contributed by atoms with van der Waals surface area (Å²) in [7, 11) is 0. The van der Waals surface area contributed by atoms with E-state index >= 15 is 0 Å². The van der Waals surface area contributed by atoms with Gasteiger partial charge >= 0.3 is 0 Å². The van der Waals surface area contributed by atoms with Crippen LogP contribution in [0.3, 0.4) is 0 Å². The van der Waals surface area contributed by atoms with Crippen LogP contribution < -0.4 is 4.74 Å². The minimum atomic E-state index is 0.806. The van der Waals surface area contributed by atoms with E-state index in [0.29, 0.717) is 0 Å². The molecule has 2 heteroatoms. The van der Waals surface area contributed by atoms with Gasteiger partial charge in [-0.25, -0.2) is 0 Å². The zero-order valence-electron chi connectivity index (χ0n) is 15.2. The second-order valence-corrected chi connectivity index (χ2v) is 7.60. The molecule has 134 valence electrons. The molecule has 4 rings (SSSR count). The van der Waals surface area contributed by atoms with Crippen molar-refractivity contribution in [2.24, 2.45) is 0 Å². The van der Waals surface area contributed by atoms with E-state index in [2.05, 4.69) is 67.2 Å². The average Bonchev–Trinajstić information content (AvgIpc) is 2.68. The molecule has 0 saturated heterocycles. The molecule has 0 fully saturated rings. The summed E-state index contributed by atoms with van der Waals surface area (Å²) < 4.78 is 6.07. The smallest absolute Gasteiger partial charge is 0.120 e. The van der Waals surface area contributed by atoms with Crippen molar-refractivity contribution in [3.8, 4) is 5.75 Å². The highest BCUT2D eigenvalue weighted by molar-refractivity contribution is 7.80. The van der Waals surface area contributed by atoms with E-state index in [1.54, 1.807) is 0 Å². The SMILES string of the molecule is SCCCCCCCCOc1cc2ccc3cccc4ccc(c1)c2c34. The second kappa shape index (κ2) is 8.18. The van der Waals surface area contributed by atoms with Gasteiger partial charge in [-0.2, -0.15) is 12.6 Å². The van der Waals surface area contributed by atoms with E-state index in [-0.39, 0.29) is 0 Å². The fourth-order valence-electron chi connectivity index (χ4n) is 3.92. The zero-order chi connectivity index (χ0) is 17.8. The fraction of sp³-hybridized carbons (Fsp3) is 0.333.